The molecule has 0 aliphatic rings. The van der Waals surface area contributed by atoms with Crippen molar-refractivity contribution in [3.05, 3.63) is 63.2 Å². The van der Waals surface area contributed by atoms with Gasteiger partial charge < -0.3 is 4.90 Å². The van der Waals surface area contributed by atoms with Gasteiger partial charge >= 0.3 is 0 Å². The van der Waals surface area contributed by atoms with Gasteiger partial charge in [-0.3, -0.25) is 0 Å². The van der Waals surface area contributed by atoms with Gasteiger partial charge in [-0.2, -0.15) is 0 Å². The van der Waals surface area contributed by atoms with Crippen LogP contribution in [0.2, 0.25) is 0 Å². The summed E-state index contributed by atoms with van der Waals surface area (Å²) in [7, 11) is 0. The highest BCUT2D eigenvalue weighted by Crippen LogP contribution is 2.20. The van der Waals surface area contributed by atoms with Gasteiger partial charge in [0, 0.05) is 22.3 Å². The van der Waals surface area contributed by atoms with Crippen molar-refractivity contribution >= 4 is 28.3 Å². The molecule has 0 heterocycles. The Labute approximate surface area is 174 Å². The Bertz CT molecular complexity index is 603. The van der Waals surface area contributed by atoms with E-state index in [-0.39, 0.29) is 0 Å². The lowest BCUT2D eigenvalue weighted by Gasteiger charge is -2.25. The van der Waals surface area contributed by atoms with Crippen LogP contribution in [0.1, 0.15) is 69.4 Å². The maximum Gasteiger partial charge on any atom is 0.0429 e. The van der Waals surface area contributed by atoms with Gasteiger partial charge in [-0.05, 0) is 65.8 Å². The molecular formula is C24H34IN. The minimum Gasteiger partial charge on any atom is -0.367 e. The molecule has 2 aromatic rings. The van der Waals surface area contributed by atoms with Crippen molar-refractivity contribution in [1.82, 2.24) is 0 Å². The molecule has 0 aliphatic carbocycles. The molecule has 0 spiro atoms. The van der Waals surface area contributed by atoms with Crippen molar-refractivity contribution in [2.24, 2.45) is 0 Å². The van der Waals surface area contributed by atoms with Gasteiger partial charge in [0.2, 0.25) is 0 Å². The summed E-state index contributed by atoms with van der Waals surface area (Å²) in [6.07, 6.45) is 11.0. The normalized spacial score (nSPS) is 10.9. The van der Waals surface area contributed by atoms with E-state index in [9.17, 15) is 0 Å². The molecule has 2 heteroatoms. The van der Waals surface area contributed by atoms with E-state index in [1.54, 1.807) is 0 Å². The van der Waals surface area contributed by atoms with E-state index in [0.29, 0.717) is 0 Å². The Kier molecular flexibility index (Phi) is 10.1. The number of nitrogens with zero attached hydrogens (tertiary/aromatic N) is 1. The fourth-order valence-corrected chi connectivity index (χ4v) is 3.66. The zero-order valence-corrected chi connectivity index (χ0v) is 18.7. The maximum atomic E-state index is 2.54. The average Bonchev–Trinajstić information content (AvgIpc) is 2.65. The first-order chi connectivity index (χ1) is 12.7. The lowest BCUT2D eigenvalue weighted by Crippen LogP contribution is -2.23. The fraction of sp³-hybridized carbons (Fsp3) is 0.500. The van der Waals surface area contributed by atoms with Crippen LogP contribution in [0.4, 0.5) is 5.69 Å². The van der Waals surface area contributed by atoms with E-state index in [2.05, 4.69) is 89.9 Å². The average molecular weight is 463 g/mol. The third-order valence-electron chi connectivity index (χ3n) is 4.97. The molecule has 0 bridgehead atoms. The first-order valence-electron chi connectivity index (χ1n) is 10.2. The first kappa shape index (κ1) is 21.3. The monoisotopic (exact) mass is 463 g/mol. The first-order valence-corrected chi connectivity index (χ1v) is 11.3. The van der Waals surface area contributed by atoms with Crippen LogP contribution in [0.15, 0.2) is 48.5 Å². The van der Waals surface area contributed by atoms with E-state index in [1.165, 1.54) is 71.8 Å². The number of rotatable bonds is 12. The minimum absolute atomic E-state index is 0.997. The van der Waals surface area contributed by atoms with Crippen LogP contribution < -0.4 is 4.90 Å². The van der Waals surface area contributed by atoms with Crippen LogP contribution in [0.25, 0.3) is 0 Å². The van der Waals surface area contributed by atoms with E-state index < -0.39 is 0 Å². The Hall–Kier alpha value is -1.03. The summed E-state index contributed by atoms with van der Waals surface area (Å²) in [6.45, 7) is 6.58. The second-order valence-electron chi connectivity index (χ2n) is 7.36. The highest BCUT2D eigenvalue weighted by Gasteiger charge is 2.07. The summed E-state index contributed by atoms with van der Waals surface area (Å²) < 4.78 is 1.30. The van der Waals surface area contributed by atoms with Gasteiger partial charge in [0.25, 0.3) is 0 Å². The molecule has 0 unspecified atom stereocenters. The van der Waals surface area contributed by atoms with E-state index >= 15 is 0 Å². The van der Waals surface area contributed by atoms with E-state index in [0.717, 1.165) is 13.1 Å². The molecule has 0 aromatic heterocycles. The number of benzene rings is 2. The van der Waals surface area contributed by atoms with Crippen molar-refractivity contribution in [1.29, 1.82) is 0 Å². The van der Waals surface area contributed by atoms with Crippen molar-refractivity contribution in [2.45, 2.75) is 71.8 Å². The largest absolute Gasteiger partial charge is 0.367 e. The number of aryl methyl sites for hydroxylation is 1. The Morgan fingerprint density at radius 1 is 0.731 bits per heavy atom. The molecule has 1 nitrogen and oxygen atoms in total. The molecule has 0 radical (unpaired) electrons. The Morgan fingerprint density at radius 2 is 1.31 bits per heavy atom. The number of halogens is 1. The fourth-order valence-electron chi connectivity index (χ4n) is 3.30. The van der Waals surface area contributed by atoms with Crippen LogP contribution in [0.5, 0.6) is 0 Å². The molecular weight excluding hydrogens is 429 g/mol. The molecule has 0 amide bonds. The summed E-state index contributed by atoms with van der Waals surface area (Å²) in [4.78, 5) is 2.54. The van der Waals surface area contributed by atoms with Gasteiger partial charge in [0.1, 0.15) is 0 Å². The lowest BCUT2D eigenvalue weighted by molar-refractivity contribution is 0.571. The van der Waals surface area contributed by atoms with Crippen molar-refractivity contribution in [2.75, 3.05) is 11.4 Å². The molecule has 0 saturated heterocycles. The highest BCUT2D eigenvalue weighted by molar-refractivity contribution is 14.1. The van der Waals surface area contributed by atoms with Gasteiger partial charge in [0.15, 0.2) is 0 Å². The number of anilines is 1. The molecule has 142 valence electrons. The second-order valence-corrected chi connectivity index (χ2v) is 8.60. The zero-order valence-electron chi connectivity index (χ0n) is 16.5. The SMILES string of the molecule is CCCCCCCCCCN(Cc1ccc(C)cc1)c1ccc(I)cc1. The van der Waals surface area contributed by atoms with E-state index in [4.69, 9.17) is 0 Å². The van der Waals surface area contributed by atoms with Crippen molar-refractivity contribution in [3.63, 3.8) is 0 Å². The van der Waals surface area contributed by atoms with Gasteiger partial charge in [-0.25, -0.2) is 0 Å². The summed E-state index contributed by atoms with van der Waals surface area (Å²) in [5.74, 6) is 0. The maximum absolute atomic E-state index is 2.54. The Morgan fingerprint density at radius 3 is 1.92 bits per heavy atom. The van der Waals surface area contributed by atoms with Crippen LogP contribution in [-0.2, 0) is 6.54 Å². The summed E-state index contributed by atoms with van der Waals surface area (Å²) >= 11 is 2.38. The molecule has 0 fully saturated rings. The summed E-state index contributed by atoms with van der Waals surface area (Å²) in [5.41, 5.74) is 4.07. The van der Waals surface area contributed by atoms with Gasteiger partial charge in [0.05, 0.1) is 0 Å². The molecule has 26 heavy (non-hydrogen) atoms. The molecule has 0 aliphatic heterocycles. The third-order valence-corrected chi connectivity index (χ3v) is 5.69. The predicted molar refractivity (Wildman–Crippen MR) is 124 cm³/mol. The molecule has 0 N–H and O–H groups in total. The topological polar surface area (TPSA) is 3.24 Å². The molecule has 2 rings (SSSR count). The summed E-state index contributed by atoms with van der Waals surface area (Å²) in [5, 5.41) is 0. The van der Waals surface area contributed by atoms with Crippen LogP contribution in [0.3, 0.4) is 0 Å². The van der Waals surface area contributed by atoms with Gasteiger partial charge in [-0.1, -0.05) is 81.7 Å². The van der Waals surface area contributed by atoms with Gasteiger partial charge in [-0.15, -0.1) is 0 Å². The number of hydrogen-bond acceptors (Lipinski definition) is 1. The Balaban J connectivity index is 1.85. The lowest BCUT2D eigenvalue weighted by atomic mass is 10.1. The van der Waals surface area contributed by atoms with Crippen molar-refractivity contribution < 1.29 is 0 Å². The quantitative estimate of drug-likeness (QED) is 0.230. The second kappa shape index (κ2) is 12.4. The van der Waals surface area contributed by atoms with Crippen molar-refractivity contribution in [3.8, 4) is 0 Å². The smallest absolute Gasteiger partial charge is 0.0429 e. The number of unbranched alkanes of at least 4 members (excludes halogenated alkanes) is 7. The van der Waals surface area contributed by atoms with Crippen LogP contribution in [0, 0.1) is 10.5 Å². The standard InChI is InChI=1S/C24H34IN/c1-3-4-5-6-7-8-9-10-19-26(24-17-15-23(25)16-18-24)20-22-13-11-21(2)12-14-22/h11-18H,3-10,19-20H2,1-2H3. The molecule has 0 saturated carbocycles. The highest BCUT2D eigenvalue weighted by atomic mass is 127. The number of hydrogen-bond donors (Lipinski definition) is 0. The molecule has 0 atom stereocenters. The predicted octanol–water partition coefficient (Wildman–Crippen LogP) is 7.75. The molecule has 2 aromatic carbocycles. The minimum atomic E-state index is 0.997. The zero-order chi connectivity index (χ0) is 18.6. The van der Waals surface area contributed by atoms with Crippen LogP contribution in [-0.4, -0.2) is 6.54 Å². The van der Waals surface area contributed by atoms with Crippen LogP contribution >= 0.6 is 22.6 Å². The summed E-state index contributed by atoms with van der Waals surface area (Å²) in [6, 6.07) is 17.9. The van der Waals surface area contributed by atoms with E-state index in [1.807, 2.05) is 0 Å². The third kappa shape index (κ3) is 8.11.